The molecule has 0 unspecified atom stereocenters. The van der Waals surface area contributed by atoms with E-state index in [1.54, 1.807) is 31.0 Å². The molecule has 7 rings (SSSR count). The summed E-state index contributed by atoms with van der Waals surface area (Å²) in [5, 5.41) is 12.5. The summed E-state index contributed by atoms with van der Waals surface area (Å²) in [5.74, 6) is 0.176. The largest absolute Gasteiger partial charge is 0.353 e. The minimum atomic E-state index is 0.0495. The van der Waals surface area contributed by atoms with Crippen LogP contribution in [0.4, 0.5) is 5.69 Å². The van der Waals surface area contributed by atoms with Crippen LogP contribution < -0.4 is 5.32 Å². The number of carbonyl (C=O) groups is 1. The highest BCUT2D eigenvalue weighted by molar-refractivity contribution is 6.00. The van der Waals surface area contributed by atoms with Crippen LogP contribution in [0.3, 0.4) is 0 Å². The van der Waals surface area contributed by atoms with E-state index in [2.05, 4.69) is 46.5 Å². The van der Waals surface area contributed by atoms with E-state index in [1.807, 2.05) is 36.5 Å². The van der Waals surface area contributed by atoms with Crippen molar-refractivity contribution in [2.45, 2.75) is 12.8 Å². The maximum Gasteiger partial charge on any atom is 0.227 e. The molecule has 0 saturated heterocycles. The molecule has 1 saturated carbocycles. The molecule has 1 amide bonds. The van der Waals surface area contributed by atoms with Gasteiger partial charge in [0.1, 0.15) is 5.69 Å². The lowest BCUT2D eigenvalue weighted by atomic mass is 10.1. The van der Waals surface area contributed by atoms with E-state index in [0.29, 0.717) is 5.69 Å². The zero-order chi connectivity index (χ0) is 24.1. The van der Waals surface area contributed by atoms with E-state index >= 15 is 0 Å². The number of aromatic nitrogens is 7. The van der Waals surface area contributed by atoms with E-state index in [4.69, 9.17) is 0 Å². The standard InChI is InChI=1S/C27H20N8O/c36-27(15-3-4-15)32-18-8-17(12-29-13-18)22-9-20-24(14-31-22)34-35-26(20)23-10-19-21(33-23)5-7-30-25(19)16-2-1-6-28-11-16/h1-2,5-15,33H,3-4H2,(H,32,36)(H,34,35). The van der Waals surface area contributed by atoms with Gasteiger partial charge in [0.05, 0.1) is 40.7 Å². The van der Waals surface area contributed by atoms with E-state index in [1.165, 1.54) is 0 Å². The number of nitrogens with zero attached hydrogens (tertiary/aromatic N) is 5. The summed E-state index contributed by atoms with van der Waals surface area (Å²) in [6.07, 6.45) is 12.4. The van der Waals surface area contributed by atoms with Crippen molar-refractivity contribution < 1.29 is 4.79 Å². The third-order valence-corrected chi connectivity index (χ3v) is 6.44. The van der Waals surface area contributed by atoms with Crippen molar-refractivity contribution in [3.8, 4) is 33.9 Å². The number of anilines is 1. The Morgan fingerprint density at radius 2 is 1.75 bits per heavy atom. The first kappa shape index (κ1) is 20.5. The average Bonchev–Trinajstić information content (AvgIpc) is 3.55. The van der Waals surface area contributed by atoms with Crippen LogP contribution in [-0.2, 0) is 4.79 Å². The number of rotatable bonds is 5. The summed E-state index contributed by atoms with van der Waals surface area (Å²) in [4.78, 5) is 33.4. The Hall–Kier alpha value is -4.92. The van der Waals surface area contributed by atoms with Gasteiger partial charge in [-0.3, -0.25) is 29.8 Å². The van der Waals surface area contributed by atoms with E-state index in [0.717, 1.165) is 68.6 Å². The summed E-state index contributed by atoms with van der Waals surface area (Å²) in [6.45, 7) is 0. The zero-order valence-electron chi connectivity index (χ0n) is 19.1. The van der Waals surface area contributed by atoms with Crippen molar-refractivity contribution in [3.63, 3.8) is 0 Å². The first-order valence-electron chi connectivity index (χ1n) is 11.7. The molecule has 0 aliphatic heterocycles. The van der Waals surface area contributed by atoms with Gasteiger partial charge < -0.3 is 10.3 Å². The number of nitrogens with one attached hydrogen (secondary N) is 3. The number of carbonyl (C=O) groups excluding carboxylic acids is 1. The Bertz CT molecular complexity index is 1750. The fourth-order valence-corrected chi connectivity index (χ4v) is 4.43. The van der Waals surface area contributed by atoms with Gasteiger partial charge in [0.15, 0.2) is 0 Å². The van der Waals surface area contributed by atoms with Gasteiger partial charge in [-0.15, -0.1) is 0 Å². The Balaban J connectivity index is 1.28. The van der Waals surface area contributed by atoms with Crippen molar-refractivity contribution in [1.29, 1.82) is 0 Å². The number of pyridine rings is 4. The van der Waals surface area contributed by atoms with E-state index in [-0.39, 0.29) is 11.8 Å². The Labute approximate surface area is 205 Å². The molecule has 1 fully saturated rings. The number of amides is 1. The second-order valence-electron chi connectivity index (χ2n) is 8.96. The fraction of sp³-hybridized carbons (Fsp3) is 0.111. The van der Waals surface area contributed by atoms with Crippen LogP contribution in [0.5, 0.6) is 0 Å². The van der Waals surface area contributed by atoms with Gasteiger partial charge in [-0.25, -0.2) is 0 Å². The summed E-state index contributed by atoms with van der Waals surface area (Å²) >= 11 is 0. The number of hydrogen-bond acceptors (Lipinski definition) is 6. The van der Waals surface area contributed by atoms with Crippen LogP contribution in [0.25, 0.3) is 55.7 Å². The molecule has 0 aromatic carbocycles. The minimum absolute atomic E-state index is 0.0495. The van der Waals surface area contributed by atoms with E-state index < -0.39 is 0 Å². The highest BCUT2D eigenvalue weighted by Crippen LogP contribution is 2.34. The van der Waals surface area contributed by atoms with Crippen LogP contribution in [-0.4, -0.2) is 41.0 Å². The second-order valence-corrected chi connectivity index (χ2v) is 8.96. The molecule has 174 valence electrons. The quantitative estimate of drug-likeness (QED) is 0.325. The van der Waals surface area contributed by atoms with Crippen LogP contribution in [0, 0.1) is 5.92 Å². The van der Waals surface area contributed by atoms with Gasteiger partial charge in [0.25, 0.3) is 0 Å². The monoisotopic (exact) mass is 472 g/mol. The molecule has 0 bridgehead atoms. The molecule has 0 radical (unpaired) electrons. The van der Waals surface area contributed by atoms with Gasteiger partial charge in [-0.05, 0) is 49.2 Å². The van der Waals surface area contributed by atoms with Crippen molar-refractivity contribution in [2.24, 2.45) is 5.92 Å². The zero-order valence-corrected chi connectivity index (χ0v) is 19.1. The number of hydrogen-bond donors (Lipinski definition) is 3. The van der Waals surface area contributed by atoms with Crippen molar-refractivity contribution in [2.75, 3.05) is 5.32 Å². The first-order chi connectivity index (χ1) is 17.7. The Morgan fingerprint density at radius 1 is 0.861 bits per heavy atom. The molecular formula is C27H20N8O. The first-order valence-corrected chi connectivity index (χ1v) is 11.7. The molecule has 9 heteroatoms. The molecule has 6 aromatic rings. The Kier molecular flexibility index (Phi) is 4.60. The predicted octanol–water partition coefficient (Wildman–Crippen LogP) is 4.97. The molecule has 0 spiro atoms. The van der Waals surface area contributed by atoms with Crippen LogP contribution in [0.15, 0.2) is 73.6 Å². The maximum atomic E-state index is 12.2. The molecule has 1 aliphatic carbocycles. The topological polar surface area (TPSA) is 125 Å². The highest BCUT2D eigenvalue weighted by Gasteiger charge is 2.29. The van der Waals surface area contributed by atoms with Crippen LogP contribution in [0.1, 0.15) is 12.8 Å². The third-order valence-electron chi connectivity index (χ3n) is 6.44. The molecule has 0 atom stereocenters. The summed E-state index contributed by atoms with van der Waals surface area (Å²) in [5.41, 5.74) is 7.49. The van der Waals surface area contributed by atoms with Crippen LogP contribution in [0.2, 0.25) is 0 Å². The normalized spacial score (nSPS) is 13.3. The Morgan fingerprint density at radius 3 is 2.61 bits per heavy atom. The smallest absolute Gasteiger partial charge is 0.227 e. The number of fused-ring (bicyclic) bond motifs is 2. The summed E-state index contributed by atoms with van der Waals surface area (Å²) in [7, 11) is 0. The SMILES string of the molecule is O=C(Nc1cncc(-c2cc3c(-c4cc5c(-c6cccnc6)nccc5[nH]4)n[nH]c3cn2)c1)C1CC1. The summed E-state index contributed by atoms with van der Waals surface area (Å²) < 4.78 is 0. The van der Waals surface area contributed by atoms with Gasteiger partial charge in [-0.2, -0.15) is 5.10 Å². The lowest BCUT2D eigenvalue weighted by molar-refractivity contribution is -0.117. The molecule has 3 N–H and O–H groups in total. The van der Waals surface area contributed by atoms with Crippen molar-refractivity contribution in [1.82, 2.24) is 35.1 Å². The minimum Gasteiger partial charge on any atom is -0.353 e. The van der Waals surface area contributed by atoms with Crippen molar-refractivity contribution in [3.05, 3.63) is 73.6 Å². The summed E-state index contributed by atoms with van der Waals surface area (Å²) in [6, 6.07) is 11.8. The highest BCUT2D eigenvalue weighted by atomic mass is 16.2. The van der Waals surface area contributed by atoms with Crippen LogP contribution >= 0.6 is 0 Å². The molecule has 36 heavy (non-hydrogen) atoms. The van der Waals surface area contributed by atoms with Gasteiger partial charge in [-0.1, -0.05) is 0 Å². The lowest BCUT2D eigenvalue weighted by Crippen LogP contribution is -2.13. The fourth-order valence-electron chi connectivity index (χ4n) is 4.43. The molecule has 9 nitrogen and oxygen atoms in total. The lowest BCUT2D eigenvalue weighted by Gasteiger charge is -2.06. The van der Waals surface area contributed by atoms with Crippen molar-refractivity contribution >= 4 is 33.4 Å². The second kappa shape index (κ2) is 8.09. The molecular weight excluding hydrogens is 452 g/mol. The third kappa shape index (κ3) is 3.58. The van der Waals surface area contributed by atoms with Gasteiger partial charge >= 0.3 is 0 Å². The molecule has 6 heterocycles. The van der Waals surface area contributed by atoms with Gasteiger partial charge in [0, 0.05) is 58.1 Å². The maximum absolute atomic E-state index is 12.2. The predicted molar refractivity (Wildman–Crippen MR) is 137 cm³/mol. The molecule has 1 aliphatic rings. The van der Waals surface area contributed by atoms with Gasteiger partial charge in [0.2, 0.25) is 5.91 Å². The number of H-pyrrole nitrogens is 2. The molecule has 6 aromatic heterocycles. The van der Waals surface area contributed by atoms with E-state index in [9.17, 15) is 4.79 Å². The number of aromatic amines is 2. The average molecular weight is 473 g/mol.